The molecule has 0 radical (unpaired) electrons. The summed E-state index contributed by atoms with van der Waals surface area (Å²) in [5.41, 5.74) is 1.95. The highest BCUT2D eigenvalue weighted by molar-refractivity contribution is 5.94. The first kappa shape index (κ1) is 16.5. The molecule has 0 saturated carbocycles. The number of benzene rings is 2. The van der Waals surface area contributed by atoms with Crippen LogP contribution in [0.3, 0.4) is 0 Å². The molecule has 0 aromatic heterocycles. The number of hydrogen-bond acceptors (Lipinski definition) is 5. The van der Waals surface area contributed by atoms with Gasteiger partial charge >= 0.3 is 5.97 Å². The molecule has 0 amide bonds. The molecule has 0 aliphatic carbocycles. The molecular weight excluding hydrogens is 308 g/mol. The van der Waals surface area contributed by atoms with Crippen molar-refractivity contribution in [1.29, 1.82) is 0 Å². The van der Waals surface area contributed by atoms with Crippen LogP contribution in [0.15, 0.2) is 48.5 Å². The summed E-state index contributed by atoms with van der Waals surface area (Å²) in [6, 6.07) is 15.1. The molecule has 0 N–H and O–H groups in total. The van der Waals surface area contributed by atoms with Crippen LogP contribution in [0.2, 0.25) is 0 Å². The van der Waals surface area contributed by atoms with E-state index < -0.39 is 11.8 Å². The van der Waals surface area contributed by atoms with E-state index in [1.807, 2.05) is 36.4 Å². The molecule has 1 saturated heterocycles. The van der Waals surface area contributed by atoms with Crippen LogP contribution in [0.4, 0.5) is 0 Å². The second kappa shape index (κ2) is 7.03. The van der Waals surface area contributed by atoms with E-state index in [1.54, 1.807) is 19.1 Å². The Morgan fingerprint density at radius 1 is 1.08 bits per heavy atom. The first-order valence-electron chi connectivity index (χ1n) is 7.80. The molecule has 5 nitrogen and oxygen atoms in total. The third kappa shape index (κ3) is 3.27. The van der Waals surface area contributed by atoms with E-state index >= 15 is 0 Å². The largest absolute Gasteiger partial charge is 0.488 e. The summed E-state index contributed by atoms with van der Waals surface area (Å²) in [5, 5.41) is 0. The quantitative estimate of drug-likeness (QED) is 0.789. The lowest BCUT2D eigenvalue weighted by molar-refractivity contribution is -0.150. The summed E-state index contributed by atoms with van der Waals surface area (Å²) in [7, 11) is 1.35. The van der Waals surface area contributed by atoms with Gasteiger partial charge < -0.3 is 18.9 Å². The summed E-state index contributed by atoms with van der Waals surface area (Å²) >= 11 is 0. The van der Waals surface area contributed by atoms with Crippen LogP contribution in [-0.4, -0.2) is 26.3 Å². The van der Waals surface area contributed by atoms with Crippen LogP contribution in [0, 0.1) is 0 Å². The van der Waals surface area contributed by atoms with E-state index in [4.69, 9.17) is 18.9 Å². The van der Waals surface area contributed by atoms with Gasteiger partial charge in [-0.05, 0) is 18.6 Å². The zero-order valence-corrected chi connectivity index (χ0v) is 13.8. The van der Waals surface area contributed by atoms with Gasteiger partial charge in [0.1, 0.15) is 17.9 Å². The van der Waals surface area contributed by atoms with Gasteiger partial charge in [0.2, 0.25) is 0 Å². The molecule has 0 unspecified atom stereocenters. The predicted molar refractivity (Wildman–Crippen MR) is 87.8 cm³/mol. The molecule has 1 fully saturated rings. The van der Waals surface area contributed by atoms with Crippen molar-refractivity contribution >= 4 is 5.97 Å². The average molecular weight is 328 g/mol. The molecule has 24 heavy (non-hydrogen) atoms. The number of carbonyl (C=O) groups is 1. The zero-order valence-electron chi connectivity index (χ0n) is 13.8. The van der Waals surface area contributed by atoms with Gasteiger partial charge in [0, 0.05) is 5.56 Å². The van der Waals surface area contributed by atoms with Crippen molar-refractivity contribution in [2.75, 3.05) is 20.3 Å². The fraction of sp³-hybridized carbons (Fsp3) is 0.316. The standard InChI is InChI=1S/C19H20O5/c1-19(23-11-12-24-19)15-9-6-10-16(17(15)18(20)21-2)22-13-14-7-4-3-5-8-14/h3-10H,11-13H2,1-2H3. The van der Waals surface area contributed by atoms with Gasteiger partial charge in [-0.15, -0.1) is 0 Å². The second-order valence-electron chi connectivity index (χ2n) is 5.59. The lowest BCUT2D eigenvalue weighted by atomic mass is 9.99. The Hall–Kier alpha value is -2.37. The van der Waals surface area contributed by atoms with E-state index in [-0.39, 0.29) is 0 Å². The number of ether oxygens (including phenoxy) is 4. The zero-order chi connectivity index (χ0) is 17.0. The maximum Gasteiger partial charge on any atom is 0.342 e. The van der Waals surface area contributed by atoms with Crippen LogP contribution in [0.1, 0.15) is 28.4 Å². The van der Waals surface area contributed by atoms with E-state index in [2.05, 4.69) is 0 Å². The molecule has 5 heteroatoms. The van der Waals surface area contributed by atoms with Crippen LogP contribution >= 0.6 is 0 Å². The minimum Gasteiger partial charge on any atom is -0.488 e. The van der Waals surface area contributed by atoms with Gasteiger partial charge in [-0.2, -0.15) is 0 Å². The van der Waals surface area contributed by atoms with E-state index in [0.717, 1.165) is 5.56 Å². The van der Waals surface area contributed by atoms with Crippen molar-refractivity contribution in [3.05, 3.63) is 65.2 Å². The minimum absolute atomic E-state index is 0.334. The summed E-state index contributed by atoms with van der Waals surface area (Å²) in [4.78, 5) is 12.4. The van der Waals surface area contributed by atoms with Gasteiger partial charge in [-0.25, -0.2) is 4.79 Å². The van der Waals surface area contributed by atoms with Crippen LogP contribution in [-0.2, 0) is 26.6 Å². The van der Waals surface area contributed by atoms with Crippen molar-refractivity contribution in [2.24, 2.45) is 0 Å². The second-order valence-corrected chi connectivity index (χ2v) is 5.59. The molecule has 1 heterocycles. The highest BCUT2D eigenvalue weighted by Crippen LogP contribution is 2.37. The van der Waals surface area contributed by atoms with E-state index in [9.17, 15) is 4.79 Å². The molecule has 126 valence electrons. The number of esters is 1. The van der Waals surface area contributed by atoms with E-state index in [1.165, 1.54) is 7.11 Å². The molecule has 0 atom stereocenters. The normalized spacial score (nSPS) is 15.9. The highest BCUT2D eigenvalue weighted by Gasteiger charge is 2.38. The highest BCUT2D eigenvalue weighted by atomic mass is 16.7. The Morgan fingerprint density at radius 3 is 2.46 bits per heavy atom. The molecule has 2 aromatic rings. The Kier molecular flexibility index (Phi) is 4.83. The van der Waals surface area contributed by atoms with Gasteiger partial charge in [0.05, 0.1) is 20.3 Å². The number of hydrogen-bond donors (Lipinski definition) is 0. The molecule has 1 aliphatic rings. The first-order valence-corrected chi connectivity index (χ1v) is 7.80. The van der Waals surface area contributed by atoms with Gasteiger partial charge in [0.15, 0.2) is 5.79 Å². The molecule has 3 rings (SSSR count). The van der Waals surface area contributed by atoms with E-state index in [0.29, 0.717) is 36.7 Å². The monoisotopic (exact) mass is 328 g/mol. The average Bonchev–Trinajstić information content (AvgIpc) is 3.07. The minimum atomic E-state index is -0.977. The molecule has 0 spiro atoms. The molecule has 2 aromatic carbocycles. The summed E-state index contributed by atoms with van der Waals surface area (Å²) in [6.45, 7) is 3.11. The number of rotatable bonds is 5. The third-order valence-corrected chi connectivity index (χ3v) is 3.98. The Bertz CT molecular complexity index is 705. The smallest absolute Gasteiger partial charge is 0.342 e. The van der Waals surface area contributed by atoms with Crippen molar-refractivity contribution in [3.63, 3.8) is 0 Å². The lowest BCUT2D eigenvalue weighted by Gasteiger charge is -2.26. The predicted octanol–water partition coefficient (Wildman–Crippen LogP) is 3.27. The van der Waals surface area contributed by atoms with Crippen molar-refractivity contribution in [1.82, 2.24) is 0 Å². The van der Waals surface area contributed by atoms with Crippen molar-refractivity contribution in [2.45, 2.75) is 19.3 Å². The number of carbonyl (C=O) groups excluding carboxylic acids is 1. The van der Waals surface area contributed by atoms with Gasteiger partial charge in [0.25, 0.3) is 0 Å². The third-order valence-electron chi connectivity index (χ3n) is 3.98. The van der Waals surface area contributed by atoms with Gasteiger partial charge in [-0.1, -0.05) is 42.5 Å². The van der Waals surface area contributed by atoms with Crippen LogP contribution < -0.4 is 4.74 Å². The molecule has 1 aliphatic heterocycles. The maximum atomic E-state index is 12.4. The van der Waals surface area contributed by atoms with Crippen molar-refractivity contribution < 1.29 is 23.7 Å². The fourth-order valence-corrected chi connectivity index (χ4v) is 2.75. The summed E-state index contributed by atoms with van der Waals surface area (Å²) in [5.74, 6) is -1.01. The van der Waals surface area contributed by atoms with Crippen molar-refractivity contribution in [3.8, 4) is 5.75 Å². The van der Waals surface area contributed by atoms with Gasteiger partial charge in [-0.3, -0.25) is 0 Å². The summed E-state index contributed by atoms with van der Waals surface area (Å²) in [6.07, 6.45) is 0. The SMILES string of the molecule is COC(=O)c1c(OCc2ccccc2)cccc1C1(C)OCCO1. The molecule has 0 bridgehead atoms. The maximum absolute atomic E-state index is 12.4. The molecular formula is C19H20O5. The Balaban J connectivity index is 1.95. The summed E-state index contributed by atoms with van der Waals surface area (Å²) < 4.78 is 22.2. The lowest BCUT2D eigenvalue weighted by Crippen LogP contribution is -2.26. The number of methoxy groups -OCH3 is 1. The first-order chi connectivity index (χ1) is 11.6. The van der Waals surface area contributed by atoms with Crippen LogP contribution in [0.25, 0.3) is 0 Å². The Morgan fingerprint density at radius 2 is 1.79 bits per heavy atom. The fourth-order valence-electron chi connectivity index (χ4n) is 2.75. The van der Waals surface area contributed by atoms with Crippen LogP contribution in [0.5, 0.6) is 5.75 Å². The Labute approximate surface area is 141 Å². The topological polar surface area (TPSA) is 54.0 Å².